The summed E-state index contributed by atoms with van der Waals surface area (Å²) in [5.74, 6) is 0.312. The molecule has 0 unspecified atom stereocenters. The molecule has 0 atom stereocenters. The Balaban J connectivity index is 2.48. The maximum atomic E-state index is 11.3. The van der Waals surface area contributed by atoms with Gasteiger partial charge in [0.05, 0.1) is 7.11 Å². The molecule has 0 aliphatic rings. The largest absolute Gasteiger partial charge is 0.497 e. The predicted molar refractivity (Wildman–Crippen MR) is 63.0 cm³/mol. The van der Waals surface area contributed by atoms with E-state index in [1.54, 1.807) is 30.0 Å². The number of pyridine rings is 1. The molecule has 2 aromatic rings. The molecule has 0 aliphatic carbocycles. The van der Waals surface area contributed by atoms with E-state index in [-0.39, 0.29) is 0 Å². The average molecular weight is 229 g/mol. The van der Waals surface area contributed by atoms with Crippen molar-refractivity contribution in [2.75, 3.05) is 7.11 Å². The average Bonchev–Trinajstić information content (AvgIpc) is 2.39. The minimum atomic E-state index is -0.457. The quantitative estimate of drug-likeness (QED) is 0.800. The molecule has 4 heteroatoms. The molecule has 1 aromatic carbocycles. The first-order valence-electron chi connectivity index (χ1n) is 5.17. The molecule has 2 N–H and O–H groups in total. The summed E-state index contributed by atoms with van der Waals surface area (Å²) in [6, 6.07) is 12.7. The SMILES string of the molecule is COc1ccc(-[n+]2ccccc2C(N)=O)cc1. The molecule has 17 heavy (non-hydrogen) atoms. The molecule has 0 aliphatic heterocycles. The van der Waals surface area contributed by atoms with Crippen molar-refractivity contribution in [1.29, 1.82) is 0 Å². The standard InChI is InChI=1S/C13H12N2O2/c1-17-11-7-5-10(6-8-11)15-9-3-2-4-12(15)13(14)16/h2-9H,1H3,(H-,14,16)/p+1. The van der Waals surface area contributed by atoms with E-state index in [1.165, 1.54) is 0 Å². The predicted octanol–water partition coefficient (Wildman–Crippen LogP) is 1.07. The van der Waals surface area contributed by atoms with Gasteiger partial charge in [-0.05, 0) is 18.2 Å². The van der Waals surface area contributed by atoms with Crippen molar-refractivity contribution in [1.82, 2.24) is 0 Å². The lowest BCUT2D eigenvalue weighted by Gasteiger charge is -2.01. The molecule has 0 saturated heterocycles. The highest BCUT2D eigenvalue weighted by Crippen LogP contribution is 2.11. The normalized spacial score (nSPS) is 9.94. The lowest BCUT2D eigenvalue weighted by atomic mass is 10.2. The second kappa shape index (κ2) is 4.65. The summed E-state index contributed by atoms with van der Waals surface area (Å²) < 4.78 is 6.82. The minimum Gasteiger partial charge on any atom is -0.497 e. The molecule has 86 valence electrons. The van der Waals surface area contributed by atoms with Gasteiger partial charge >= 0.3 is 5.91 Å². The molecular weight excluding hydrogens is 216 g/mol. The van der Waals surface area contributed by atoms with Crippen LogP contribution in [0, 0.1) is 0 Å². The van der Waals surface area contributed by atoms with E-state index in [2.05, 4.69) is 0 Å². The molecule has 1 aromatic heterocycles. The highest BCUT2D eigenvalue weighted by molar-refractivity contribution is 5.89. The van der Waals surface area contributed by atoms with Gasteiger partial charge in [-0.3, -0.25) is 4.79 Å². The van der Waals surface area contributed by atoms with E-state index in [0.717, 1.165) is 11.4 Å². The van der Waals surface area contributed by atoms with Gasteiger partial charge in [0, 0.05) is 24.3 Å². The van der Waals surface area contributed by atoms with Crippen molar-refractivity contribution < 1.29 is 14.1 Å². The first kappa shape index (κ1) is 11.1. The number of rotatable bonds is 3. The van der Waals surface area contributed by atoms with E-state index in [9.17, 15) is 4.79 Å². The van der Waals surface area contributed by atoms with Crippen molar-refractivity contribution in [3.8, 4) is 11.4 Å². The van der Waals surface area contributed by atoms with Crippen molar-refractivity contribution in [2.45, 2.75) is 0 Å². The molecule has 0 fully saturated rings. The number of hydrogen-bond donors (Lipinski definition) is 1. The van der Waals surface area contributed by atoms with E-state index < -0.39 is 5.91 Å². The minimum absolute atomic E-state index is 0.442. The third-order valence-corrected chi connectivity index (χ3v) is 2.46. The second-order valence-corrected chi connectivity index (χ2v) is 3.52. The van der Waals surface area contributed by atoms with Gasteiger partial charge in [0.1, 0.15) is 5.75 Å². The van der Waals surface area contributed by atoms with Gasteiger partial charge in [0.25, 0.3) is 5.69 Å². The number of carbonyl (C=O) groups excluding carboxylic acids is 1. The Kier molecular flexibility index (Phi) is 3.05. The van der Waals surface area contributed by atoms with Crippen LogP contribution in [0.5, 0.6) is 5.75 Å². The number of benzene rings is 1. The first-order valence-corrected chi connectivity index (χ1v) is 5.17. The Morgan fingerprint density at radius 2 is 1.88 bits per heavy atom. The first-order chi connectivity index (χ1) is 8.22. The van der Waals surface area contributed by atoms with E-state index >= 15 is 0 Å². The van der Waals surface area contributed by atoms with Crippen molar-refractivity contribution in [3.05, 3.63) is 54.4 Å². The Hall–Kier alpha value is -2.36. The number of carbonyl (C=O) groups is 1. The van der Waals surface area contributed by atoms with Crippen molar-refractivity contribution in [3.63, 3.8) is 0 Å². The lowest BCUT2D eigenvalue weighted by molar-refractivity contribution is -0.598. The molecule has 1 amide bonds. The van der Waals surface area contributed by atoms with Crippen LogP contribution < -0.4 is 15.0 Å². The summed E-state index contributed by atoms with van der Waals surface area (Å²) >= 11 is 0. The zero-order chi connectivity index (χ0) is 12.3. The topological polar surface area (TPSA) is 56.2 Å². The number of nitrogens with two attached hydrogens (primary N) is 1. The number of nitrogens with zero attached hydrogens (tertiary/aromatic N) is 1. The Bertz CT molecular complexity index is 535. The number of ether oxygens (including phenoxy) is 1. The molecule has 0 spiro atoms. The number of primary amides is 1. The third-order valence-electron chi connectivity index (χ3n) is 2.46. The molecule has 2 rings (SSSR count). The van der Waals surface area contributed by atoms with E-state index in [0.29, 0.717) is 5.69 Å². The van der Waals surface area contributed by atoms with Crippen LogP contribution in [-0.2, 0) is 0 Å². The van der Waals surface area contributed by atoms with Crippen LogP contribution in [0.1, 0.15) is 10.5 Å². The molecule has 0 saturated carbocycles. The molecule has 1 heterocycles. The van der Waals surface area contributed by atoms with Crippen LogP contribution in [0.15, 0.2) is 48.7 Å². The Morgan fingerprint density at radius 3 is 2.47 bits per heavy atom. The van der Waals surface area contributed by atoms with E-state index in [1.807, 2.05) is 30.3 Å². The van der Waals surface area contributed by atoms with Gasteiger partial charge in [0.15, 0.2) is 6.20 Å². The second-order valence-electron chi connectivity index (χ2n) is 3.52. The summed E-state index contributed by atoms with van der Waals surface area (Å²) in [7, 11) is 1.61. The highest BCUT2D eigenvalue weighted by Gasteiger charge is 2.17. The fraction of sp³-hybridized carbons (Fsp3) is 0.0769. The van der Waals surface area contributed by atoms with Gasteiger partial charge in [-0.1, -0.05) is 0 Å². The number of aromatic nitrogens is 1. The molecule has 0 radical (unpaired) electrons. The smallest absolute Gasteiger partial charge is 0.314 e. The van der Waals surface area contributed by atoms with Gasteiger partial charge in [0.2, 0.25) is 5.69 Å². The monoisotopic (exact) mass is 229 g/mol. The summed E-state index contributed by atoms with van der Waals surface area (Å²) in [5, 5.41) is 0. The molecule has 0 bridgehead atoms. The maximum Gasteiger partial charge on any atom is 0.314 e. The van der Waals surface area contributed by atoms with E-state index in [4.69, 9.17) is 10.5 Å². The molecule has 4 nitrogen and oxygen atoms in total. The highest BCUT2D eigenvalue weighted by atomic mass is 16.5. The van der Waals surface area contributed by atoms with Gasteiger partial charge < -0.3 is 10.5 Å². The van der Waals surface area contributed by atoms with Crippen LogP contribution >= 0.6 is 0 Å². The van der Waals surface area contributed by atoms with Gasteiger partial charge in [-0.15, -0.1) is 0 Å². The molecular formula is C13H13N2O2+. The number of methoxy groups -OCH3 is 1. The third kappa shape index (κ3) is 2.25. The number of hydrogen-bond acceptors (Lipinski definition) is 2. The fourth-order valence-corrected chi connectivity index (χ4v) is 1.61. The maximum absolute atomic E-state index is 11.3. The zero-order valence-electron chi connectivity index (χ0n) is 9.46. The summed E-state index contributed by atoms with van der Waals surface area (Å²) in [6.45, 7) is 0. The van der Waals surface area contributed by atoms with Crippen LogP contribution in [0.25, 0.3) is 5.69 Å². The van der Waals surface area contributed by atoms with Gasteiger partial charge in [-0.2, -0.15) is 4.57 Å². The Labute approximate surface area is 99.3 Å². The Morgan fingerprint density at radius 1 is 1.18 bits per heavy atom. The van der Waals surface area contributed by atoms with Crippen LogP contribution in [0.3, 0.4) is 0 Å². The van der Waals surface area contributed by atoms with Crippen molar-refractivity contribution >= 4 is 5.91 Å². The van der Waals surface area contributed by atoms with Crippen LogP contribution in [0.2, 0.25) is 0 Å². The summed E-state index contributed by atoms with van der Waals surface area (Å²) in [5.41, 5.74) is 6.63. The summed E-state index contributed by atoms with van der Waals surface area (Å²) in [4.78, 5) is 11.3. The lowest BCUT2D eigenvalue weighted by Crippen LogP contribution is -2.39. The summed E-state index contributed by atoms with van der Waals surface area (Å²) in [6.07, 6.45) is 1.79. The van der Waals surface area contributed by atoms with Crippen molar-refractivity contribution in [2.24, 2.45) is 5.73 Å². The van der Waals surface area contributed by atoms with Crippen LogP contribution in [0.4, 0.5) is 0 Å². The fourth-order valence-electron chi connectivity index (χ4n) is 1.61. The van der Waals surface area contributed by atoms with Gasteiger partial charge in [-0.25, -0.2) is 0 Å². The number of amides is 1. The zero-order valence-corrected chi connectivity index (χ0v) is 9.46. The van der Waals surface area contributed by atoms with Crippen LogP contribution in [-0.4, -0.2) is 13.0 Å².